The molecule has 1 amide bonds. The second kappa shape index (κ2) is 4.77. The number of aryl methyl sites for hydroxylation is 1. The Morgan fingerprint density at radius 2 is 1.91 bits per heavy atom. The molecule has 0 radical (unpaired) electrons. The lowest BCUT2D eigenvalue weighted by molar-refractivity contribution is -0.118. The Labute approximate surface area is 129 Å². The highest BCUT2D eigenvalue weighted by Gasteiger charge is 2.51. The number of nitrogens with one attached hydrogen (secondary N) is 1. The molecule has 0 aromatic heterocycles. The van der Waals surface area contributed by atoms with Crippen LogP contribution in [0.4, 0.5) is 5.69 Å². The highest BCUT2D eigenvalue weighted by atomic mass is 16.7. The van der Waals surface area contributed by atoms with Crippen molar-refractivity contribution in [3.05, 3.63) is 53.6 Å². The van der Waals surface area contributed by atoms with Gasteiger partial charge < -0.3 is 14.8 Å². The Bertz CT molecular complexity index is 750. The van der Waals surface area contributed by atoms with Crippen molar-refractivity contribution >= 4 is 11.6 Å². The average Bonchev–Trinajstić information content (AvgIpc) is 3.19. The summed E-state index contributed by atoms with van der Waals surface area (Å²) in [6, 6.07) is 13.7. The second-order valence-corrected chi connectivity index (χ2v) is 5.97. The molecule has 1 N–H and O–H groups in total. The minimum absolute atomic E-state index is 0.0527. The molecule has 1 aliphatic heterocycles. The smallest absolute Gasteiger partial charge is 0.235 e. The summed E-state index contributed by atoms with van der Waals surface area (Å²) in [5.74, 6) is 1.53. The Kier molecular flexibility index (Phi) is 2.86. The van der Waals surface area contributed by atoms with Crippen molar-refractivity contribution in [2.24, 2.45) is 0 Å². The van der Waals surface area contributed by atoms with Crippen LogP contribution in [0, 0.1) is 6.92 Å². The number of fused-ring (bicyclic) bond motifs is 1. The van der Waals surface area contributed by atoms with Crippen molar-refractivity contribution in [2.45, 2.75) is 25.2 Å². The monoisotopic (exact) mass is 295 g/mol. The second-order valence-electron chi connectivity index (χ2n) is 5.97. The van der Waals surface area contributed by atoms with Crippen molar-refractivity contribution in [1.29, 1.82) is 0 Å². The summed E-state index contributed by atoms with van der Waals surface area (Å²) in [6.45, 7) is 2.27. The van der Waals surface area contributed by atoms with E-state index in [1.54, 1.807) is 0 Å². The molecular formula is C18H17NO3. The first-order valence-electron chi connectivity index (χ1n) is 7.46. The molecule has 0 unspecified atom stereocenters. The number of anilines is 1. The standard InChI is InChI=1S/C18H17NO3/c1-12-3-2-4-14(9-12)19-17(20)18(7-8-18)13-5-6-15-16(10-13)22-11-21-15/h2-6,9-10H,7-8,11H2,1H3,(H,19,20). The predicted molar refractivity (Wildman–Crippen MR) is 83.3 cm³/mol. The van der Waals surface area contributed by atoms with Crippen LogP contribution in [0.5, 0.6) is 11.5 Å². The summed E-state index contributed by atoms with van der Waals surface area (Å²) in [5, 5.41) is 3.04. The van der Waals surface area contributed by atoms with Gasteiger partial charge in [0.15, 0.2) is 11.5 Å². The number of ether oxygens (including phenoxy) is 2. The van der Waals surface area contributed by atoms with E-state index in [0.717, 1.165) is 41.2 Å². The fourth-order valence-corrected chi connectivity index (χ4v) is 2.94. The van der Waals surface area contributed by atoms with Gasteiger partial charge in [-0.05, 0) is 55.2 Å². The Morgan fingerprint density at radius 3 is 2.68 bits per heavy atom. The number of hydrogen-bond donors (Lipinski definition) is 1. The van der Waals surface area contributed by atoms with E-state index >= 15 is 0 Å². The van der Waals surface area contributed by atoms with Gasteiger partial charge in [-0.15, -0.1) is 0 Å². The third-order valence-corrected chi connectivity index (χ3v) is 4.39. The van der Waals surface area contributed by atoms with Crippen molar-refractivity contribution in [2.75, 3.05) is 12.1 Å². The topological polar surface area (TPSA) is 47.6 Å². The van der Waals surface area contributed by atoms with Crippen molar-refractivity contribution < 1.29 is 14.3 Å². The van der Waals surface area contributed by atoms with Gasteiger partial charge in [-0.1, -0.05) is 18.2 Å². The Hall–Kier alpha value is -2.49. The molecule has 4 rings (SSSR count). The molecule has 22 heavy (non-hydrogen) atoms. The van der Waals surface area contributed by atoms with Gasteiger partial charge in [0.05, 0.1) is 5.41 Å². The maximum atomic E-state index is 12.7. The van der Waals surface area contributed by atoms with Crippen molar-refractivity contribution in [3.8, 4) is 11.5 Å². The molecule has 4 nitrogen and oxygen atoms in total. The number of amides is 1. The molecule has 0 atom stereocenters. The summed E-state index contributed by atoms with van der Waals surface area (Å²) in [6.07, 6.45) is 1.73. The van der Waals surface area contributed by atoms with Crippen LogP contribution in [-0.2, 0) is 10.2 Å². The maximum Gasteiger partial charge on any atom is 0.235 e. The van der Waals surface area contributed by atoms with E-state index in [2.05, 4.69) is 5.32 Å². The first-order valence-corrected chi connectivity index (χ1v) is 7.46. The molecule has 0 saturated heterocycles. The van der Waals surface area contributed by atoms with Gasteiger partial charge in [0.25, 0.3) is 0 Å². The number of carbonyl (C=O) groups is 1. The third-order valence-electron chi connectivity index (χ3n) is 4.39. The molecule has 1 aliphatic carbocycles. The van der Waals surface area contributed by atoms with Crippen LogP contribution in [-0.4, -0.2) is 12.7 Å². The van der Waals surface area contributed by atoms with Crippen LogP contribution >= 0.6 is 0 Å². The van der Waals surface area contributed by atoms with Crippen molar-refractivity contribution in [1.82, 2.24) is 0 Å². The summed E-state index contributed by atoms with van der Waals surface area (Å²) in [7, 11) is 0. The Morgan fingerprint density at radius 1 is 1.09 bits per heavy atom. The van der Waals surface area contributed by atoms with E-state index < -0.39 is 5.41 Å². The molecule has 1 fully saturated rings. The van der Waals surface area contributed by atoms with Crippen LogP contribution < -0.4 is 14.8 Å². The predicted octanol–water partition coefficient (Wildman–Crippen LogP) is 3.39. The zero-order valence-electron chi connectivity index (χ0n) is 12.4. The first kappa shape index (κ1) is 13.2. The first-order chi connectivity index (χ1) is 10.7. The minimum Gasteiger partial charge on any atom is -0.454 e. The SMILES string of the molecule is Cc1cccc(NC(=O)C2(c3ccc4c(c3)OCO4)CC2)c1. The van der Waals surface area contributed by atoms with E-state index in [4.69, 9.17) is 9.47 Å². The number of benzene rings is 2. The highest BCUT2D eigenvalue weighted by molar-refractivity contribution is 6.01. The minimum atomic E-state index is -0.426. The number of carbonyl (C=O) groups excluding carboxylic acids is 1. The van der Waals surface area contributed by atoms with Crippen LogP contribution in [0.1, 0.15) is 24.0 Å². The molecule has 2 aliphatic rings. The number of hydrogen-bond acceptors (Lipinski definition) is 3. The maximum absolute atomic E-state index is 12.7. The molecule has 1 heterocycles. The molecule has 2 aromatic carbocycles. The van der Waals surface area contributed by atoms with Crippen molar-refractivity contribution in [3.63, 3.8) is 0 Å². The average molecular weight is 295 g/mol. The molecule has 2 aromatic rings. The van der Waals surface area contributed by atoms with E-state index in [1.807, 2.05) is 49.4 Å². The van der Waals surface area contributed by atoms with Gasteiger partial charge in [-0.25, -0.2) is 0 Å². The quantitative estimate of drug-likeness (QED) is 0.944. The summed E-state index contributed by atoms with van der Waals surface area (Å²) < 4.78 is 10.8. The molecule has 0 bridgehead atoms. The molecule has 1 saturated carbocycles. The molecule has 0 spiro atoms. The third kappa shape index (κ3) is 2.11. The van der Waals surface area contributed by atoms with Crippen LogP contribution in [0.3, 0.4) is 0 Å². The summed E-state index contributed by atoms with van der Waals surface area (Å²) >= 11 is 0. The Balaban J connectivity index is 1.60. The normalized spacial score (nSPS) is 17.1. The van der Waals surface area contributed by atoms with Crippen LogP contribution in [0.25, 0.3) is 0 Å². The van der Waals surface area contributed by atoms with Gasteiger partial charge >= 0.3 is 0 Å². The van der Waals surface area contributed by atoms with Crippen LogP contribution in [0.15, 0.2) is 42.5 Å². The van der Waals surface area contributed by atoms with Gasteiger partial charge in [0.2, 0.25) is 12.7 Å². The highest BCUT2D eigenvalue weighted by Crippen LogP contribution is 2.51. The van der Waals surface area contributed by atoms with Crippen LogP contribution in [0.2, 0.25) is 0 Å². The van der Waals surface area contributed by atoms with E-state index in [1.165, 1.54) is 0 Å². The van der Waals surface area contributed by atoms with E-state index in [9.17, 15) is 4.79 Å². The molecule has 4 heteroatoms. The van der Waals surface area contributed by atoms with E-state index in [-0.39, 0.29) is 12.7 Å². The lowest BCUT2D eigenvalue weighted by Gasteiger charge is -2.16. The zero-order chi connectivity index (χ0) is 15.2. The largest absolute Gasteiger partial charge is 0.454 e. The summed E-state index contributed by atoms with van der Waals surface area (Å²) in [4.78, 5) is 12.7. The zero-order valence-corrected chi connectivity index (χ0v) is 12.4. The molecule has 112 valence electrons. The summed E-state index contributed by atoms with van der Waals surface area (Å²) in [5.41, 5.74) is 2.55. The fraction of sp³-hybridized carbons (Fsp3) is 0.278. The lowest BCUT2D eigenvalue weighted by Crippen LogP contribution is -2.27. The van der Waals surface area contributed by atoms with Gasteiger partial charge in [-0.2, -0.15) is 0 Å². The van der Waals surface area contributed by atoms with E-state index in [0.29, 0.717) is 0 Å². The number of rotatable bonds is 3. The van der Waals surface area contributed by atoms with Gasteiger partial charge in [-0.3, -0.25) is 4.79 Å². The molecular weight excluding hydrogens is 278 g/mol. The van der Waals surface area contributed by atoms with Gasteiger partial charge in [0.1, 0.15) is 0 Å². The fourth-order valence-electron chi connectivity index (χ4n) is 2.94. The van der Waals surface area contributed by atoms with Gasteiger partial charge in [0, 0.05) is 5.69 Å². The lowest BCUT2D eigenvalue weighted by atomic mass is 9.94.